The van der Waals surface area contributed by atoms with E-state index in [-0.39, 0.29) is 5.56 Å². The SMILES string of the molecule is CCc1c(C)nc(C(C)(C)N)[nH]c1=O. The lowest BCUT2D eigenvalue weighted by Crippen LogP contribution is -2.34. The molecule has 0 saturated carbocycles. The van der Waals surface area contributed by atoms with Gasteiger partial charge in [-0.2, -0.15) is 0 Å². The molecule has 0 radical (unpaired) electrons. The molecular weight excluding hydrogens is 178 g/mol. The molecule has 0 bridgehead atoms. The van der Waals surface area contributed by atoms with Crippen LogP contribution in [0.4, 0.5) is 0 Å². The van der Waals surface area contributed by atoms with Gasteiger partial charge in [0.1, 0.15) is 5.82 Å². The molecule has 1 heterocycles. The van der Waals surface area contributed by atoms with E-state index in [1.54, 1.807) is 0 Å². The molecule has 0 unspecified atom stereocenters. The second-order valence-corrected chi connectivity index (χ2v) is 4.05. The van der Waals surface area contributed by atoms with Crippen LogP contribution in [-0.2, 0) is 12.0 Å². The zero-order valence-corrected chi connectivity index (χ0v) is 9.14. The third-order valence-corrected chi connectivity index (χ3v) is 2.19. The molecule has 0 fully saturated rings. The lowest BCUT2D eigenvalue weighted by molar-refractivity contribution is 0.508. The topological polar surface area (TPSA) is 71.8 Å². The lowest BCUT2D eigenvalue weighted by Gasteiger charge is -2.18. The first-order chi connectivity index (χ1) is 6.36. The molecule has 0 aliphatic carbocycles. The number of hydrogen-bond donors (Lipinski definition) is 2. The predicted molar refractivity (Wildman–Crippen MR) is 56.2 cm³/mol. The molecule has 4 nitrogen and oxygen atoms in total. The van der Waals surface area contributed by atoms with Crippen molar-refractivity contribution < 1.29 is 0 Å². The van der Waals surface area contributed by atoms with Crippen molar-refractivity contribution in [3.05, 3.63) is 27.4 Å². The van der Waals surface area contributed by atoms with Crippen molar-refractivity contribution in [3.8, 4) is 0 Å². The summed E-state index contributed by atoms with van der Waals surface area (Å²) in [7, 11) is 0. The molecule has 0 aliphatic heterocycles. The van der Waals surface area contributed by atoms with Gasteiger partial charge in [0, 0.05) is 11.3 Å². The first-order valence-corrected chi connectivity index (χ1v) is 4.75. The summed E-state index contributed by atoms with van der Waals surface area (Å²) in [5.41, 5.74) is 6.68. The second kappa shape index (κ2) is 3.53. The quantitative estimate of drug-likeness (QED) is 0.734. The molecule has 78 valence electrons. The van der Waals surface area contributed by atoms with E-state index < -0.39 is 5.54 Å². The Balaban J connectivity index is 3.36. The summed E-state index contributed by atoms with van der Waals surface area (Å²) in [6.45, 7) is 7.41. The molecule has 0 amide bonds. The van der Waals surface area contributed by atoms with Crippen molar-refractivity contribution in [1.29, 1.82) is 0 Å². The van der Waals surface area contributed by atoms with Crippen LogP contribution in [0.2, 0.25) is 0 Å². The maximum Gasteiger partial charge on any atom is 0.254 e. The van der Waals surface area contributed by atoms with E-state index >= 15 is 0 Å². The van der Waals surface area contributed by atoms with Gasteiger partial charge in [-0.25, -0.2) is 4.98 Å². The number of aromatic amines is 1. The van der Waals surface area contributed by atoms with Crippen LogP contribution < -0.4 is 11.3 Å². The van der Waals surface area contributed by atoms with E-state index in [1.807, 2.05) is 27.7 Å². The minimum atomic E-state index is -0.601. The average molecular weight is 195 g/mol. The summed E-state index contributed by atoms with van der Waals surface area (Å²) in [6, 6.07) is 0. The van der Waals surface area contributed by atoms with Crippen molar-refractivity contribution in [2.75, 3.05) is 0 Å². The Labute approximate surface area is 83.6 Å². The smallest absolute Gasteiger partial charge is 0.254 e. The molecule has 1 rings (SSSR count). The van der Waals surface area contributed by atoms with Gasteiger partial charge in [0.25, 0.3) is 5.56 Å². The van der Waals surface area contributed by atoms with Crippen molar-refractivity contribution in [3.63, 3.8) is 0 Å². The molecule has 0 saturated heterocycles. The highest BCUT2D eigenvalue weighted by Gasteiger charge is 2.18. The molecule has 4 heteroatoms. The third kappa shape index (κ3) is 2.01. The summed E-state index contributed by atoms with van der Waals surface area (Å²) in [5.74, 6) is 0.539. The van der Waals surface area contributed by atoms with Crippen LogP contribution >= 0.6 is 0 Å². The van der Waals surface area contributed by atoms with E-state index in [2.05, 4.69) is 9.97 Å². The molecule has 0 spiro atoms. The summed E-state index contributed by atoms with van der Waals surface area (Å²) < 4.78 is 0. The largest absolute Gasteiger partial charge is 0.319 e. The molecular formula is C10H17N3O. The zero-order chi connectivity index (χ0) is 10.9. The number of aryl methyl sites for hydroxylation is 1. The van der Waals surface area contributed by atoms with Gasteiger partial charge in [-0.15, -0.1) is 0 Å². The average Bonchev–Trinajstić information content (AvgIpc) is 2.01. The molecule has 0 aliphatic rings. The lowest BCUT2D eigenvalue weighted by atomic mass is 10.1. The minimum Gasteiger partial charge on any atom is -0.319 e. The van der Waals surface area contributed by atoms with Gasteiger partial charge in [-0.3, -0.25) is 4.79 Å². The second-order valence-electron chi connectivity index (χ2n) is 4.05. The van der Waals surface area contributed by atoms with Crippen LogP contribution in [0.5, 0.6) is 0 Å². The standard InChI is InChI=1S/C10H17N3O/c1-5-7-6(2)12-9(10(3,4)11)13-8(7)14/h5,11H2,1-4H3,(H,12,13,14). The van der Waals surface area contributed by atoms with Gasteiger partial charge in [0.15, 0.2) is 0 Å². The summed E-state index contributed by atoms with van der Waals surface area (Å²) in [5, 5.41) is 0. The van der Waals surface area contributed by atoms with Crippen LogP contribution in [0, 0.1) is 6.92 Å². The summed E-state index contributed by atoms with van der Waals surface area (Å²) in [6.07, 6.45) is 0.694. The molecule has 0 aromatic carbocycles. The van der Waals surface area contributed by atoms with E-state index in [9.17, 15) is 4.79 Å². The molecule has 1 aromatic heterocycles. The number of nitrogens with two attached hydrogens (primary N) is 1. The Bertz CT molecular complexity index is 387. The molecule has 14 heavy (non-hydrogen) atoms. The van der Waals surface area contributed by atoms with Crippen LogP contribution in [0.1, 0.15) is 37.9 Å². The number of H-pyrrole nitrogens is 1. The van der Waals surface area contributed by atoms with Crippen molar-refractivity contribution >= 4 is 0 Å². The van der Waals surface area contributed by atoms with E-state index in [4.69, 9.17) is 5.73 Å². The van der Waals surface area contributed by atoms with Gasteiger partial charge in [0.2, 0.25) is 0 Å². The zero-order valence-electron chi connectivity index (χ0n) is 9.14. The first kappa shape index (κ1) is 10.9. The Morgan fingerprint density at radius 1 is 1.50 bits per heavy atom. The Hall–Kier alpha value is -1.16. The Morgan fingerprint density at radius 2 is 2.07 bits per heavy atom. The van der Waals surface area contributed by atoms with Crippen molar-refractivity contribution in [2.24, 2.45) is 5.73 Å². The maximum absolute atomic E-state index is 11.6. The van der Waals surface area contributed by atoms with Crippen LogP contribution in [0.15, 0.2) is 4.79 Å². The highest BCUT2D eigenvalue weighted by molar-refractivity contribution is 5.18. The number of rotatable bonds is 2. The molecule has 1 aromatic rings. The van der Waals surface area contributed by atoms with Crippen molar-refractivity contribution in [2.45, 2.75) is 39.7 Å². The van der Waals surface area contributed by atoms with Crippen LogP contribution in [-0.4, -0.2) is 9.97 Å². The van der Waals surface area contributed by atoms with Crippen molar-refractivity contribution in [1.82, 2.24) is 9.97 Å². The minimum absolute atomic E-state index is 0.0754. The van der Waals surface area contributed by atoms with E-state index in [0.717, 1.165) is 11.3 Å². The van der Waals surface area contributed by atoms with Gasteiger partial charge in [-0.05, 0) is 27.2 Å². The fraction of sp³-hybridized carbons (Fsp3) is 0.600. The number of nitrogens with zero attached hydrogens (tertiary/aromatic N) is 1. The first-order valence-electron chi connectivity index (χ1n) is 4.75. The normalized spacial score (nSPS) is 11.8. The van der Waals surface area contributed by atoms with Gasteiger partial charge >= 0.3 is 0 Å². The fourth-order valence-corrected chi connectivity index (χ4v) is 1.33. The van der Waals surface area contributed by atoms with E-state index in [0.29, 0.717) is 12.2 Å². The van der Waals surface area contributed by atoms with Crippen LogP contribution in [0.3, 0.4) is 0 Å². The highest BCUT2D eigenvalue weighted by atomic mass is 16.1. The third-order valence-electron chi connectivity index (χ3n) is 2.19. The fourth-order valence-electron chi connectivity index (χ4n) is 1.33. The molecule has 0 atom stereocenters. The molecule has 3 N–H and O–H groups in total. The monoisotopic (exact) mass is 195 g/mol. The highest BCUT2D eigenvalue weighted by Crippen LogP contribution is 2.11. The maximum atomic E-state index is 11.6. The van der Waals surface area contributed by atoms with Gasteiger partial charge in [-0.1, -0.05) is 6.92 Å². The predicted octanol–water partition coefficient (Wildman–Crippen LogP) is 0.835. The van der Waals surface area contributed by atoms with Crippen LogP contribution in [0.25, 0.3) is 0 Å². The number of aromatic nitrogens is 2. The van der Waals surface area contributed by atoms with Gasteiger partial charge in [0.05, 0.1) is 5.54 Å². The number of nitrogens with one attached hydrogen (secondary N) is 1. The summed E-state index contributed by atoms with van der Waals surface area (Å²) in [4.78, 5) is 18.6. The summed E-state index contributed by atoms with van der Waals surface area (Å²) >= 11 is 0. The van der Waals surface area contributed by atoms with E-state index in [1.165, 1.54) is 0 Å². The Kier molecular flexibility index (Phi) is 2.76. The number of hydrogen-bond acceptors (Lipinski definition) is 3. The van der Waals surface area contributed by atoms with Gasteiger partial charge < -0.3 is 10.7 Å². The Morgan fingerprint density at radius 3 is 2.43 bits per heavy atom.